The molecule has 0 fully saturated rings. The molecule has 5 rings (SSSR count). The first-order valence-electron chi connectivity index (χ1n) is 11.1. The predicted molar refractivity (Wildman–Crippen MR) is 140 cm³/mol. The third kappa shape index (κ3) is 4.67. The van der Waals surface area contributed by atoms with Crippen LogP contribution in [0.5, 0.6) is 5.75 Å². The molecule has 0 spiro atoms. The summed E-state index contributed by atoms with van der Waals surface area (Å²) in [7, 11) is 1.69. The highest BCUT2D eigenvalue weighted by Gasteiger charge is 2.21. The van der Waals surface area contributed by atoms with Crippen LogP contribution >= 0.6 is 23.4 Å². The number of rotatable bonds is 7. The van der Waals surface area contributed by atoms with Gasteiger partial charge in [-0.25, -0.2) is 0 Å². The fourth-order valence-electron chi connectivity index (χ4n) is 4.00. The Kier molecular flexibility index (Phi) is 6.57. The van der Waals surface area contributed by atoms with Crippen LogP contribution in [0.25, 0.3) is 16.5 Å². The lowest BCUT2D eigenvalue weighted by Crippen LogP contribution is -2.07. The molecule has 1 atom stereocenters. The molecule has 0 aliphatic rings. The van der Waals surface area contributed by atoms with Crippen LogP contribution in [-0.2, 0) is 5.75 Å². The van der Waals surface area contributed by atoms with E-state index in [0.717, 1.165) is 33.6 Å². The van der Waals surface area contributed by atoms with Gasteiger partial charge in [0, 0.05) is 22.4 Å². The van der Waals surface area contributed by atoms with E-state index in [9.17, 15) is 0 Å². The van der Waals surface area contributed by atoms with E-state index in [0.29, 0.717) is 5.02 Å². The van der Waals surface area contributed by atoms with Crippen molar-refractivity contribution < 1.29 is 4.74 Å². The molecule has 0 aliphatic carbocycles. The molecule has 0 saturated carbocycles. The van der Waals surface area contributed by atoms with Crippen LogP contribution in [0.4, 0.5) is 0 Å². The van der Waals surface area contributed by atoms with Crippen molar-refractivity contribution in [3.05, 3.63) is 113 Å². The Morgan fingerprint density at radius 3 is 2.38 bits per heavy atom. The summed E-state index contributed by atoms with van der Waals surface area (Å²) < 4.78 is 7.51. The molecule has 1 aromatic heterocycles. The Bertz CT molecular complexity index is 1420. The zero-order valence-corrected chi connectivity index (χ0v) is 20.6. The summed E-state index contributed by atoms with van der Waals surface area (Å²) in [5.41, 5.74) is 3.43. The van der Waals surface area contributed by atoms with Crippen molar-refractivity contribution in [2.24, 2.45) is 0 Å². The first-order valence-corrected chi connectivity index (χ1v) is 12.4. The van der Waals surface area contributed by atoms with Crippen molar-refractivity contribution in [3.63, 3.8) is 0 Å². The second kappa shape index (κ2) is 9.92. The highest BCUT2D eigenvalue weighted by Crippen LogP contribution is 2.33. The molecular formula is C28H24ClN3OS. The van der Waals surface area contributed by atoms with Crippen molar-refractivity contribution in [1.29, 1.82) is 0 Å². The highest BCUT2D eigenvalue weighted by atomic mass is 35.5. The molecule has 4 nitrogen and oxygen atoms in total. The van der Waals surface area contributed by atoms with Crippen LogP contribution in [-0.4, -0.2) is 21.9 Å². The molecule has 5 aromatic rings. The minimum atomic E-state index is 0.0424. The van der Waals surface area contributed by atoms with Gasteiger partial charge in [-0.2, -0.15) is 0 Å². The molecule has 0 radical (unpaired) electrons. The van der Waals surface area contributed by atoms with Gasteiger partial charge in [0.05, 0.1) is 7.11 Å². The summed E-state index contributed by atoms with van der Waals surface area (Å²) in [6.45, 7) is 2.17. The van der Waals surface area contributed by atoms with E-state index < -0.39 is 0 Å². The fourth-order valence-corrected chi connectivity index (χ4v) is 5.04. The summed E-state index contributed by atoms with van der Waals surface area (Å²) in [6, 6.07) is 30.9. The van der Waals surface area contributed by atoms with Crippen LogP contribution in [0, 0.1) is 0 Å². The molecule has 0 N–H and O–H groups in total. The number of thioether (sulfide) groups is 1. The zero-order chi connectivity index (χ0) is 23.5. The molecule has 0 unspecified atom stereocenters. The zero-order valence-electron chi connectivity index (χ0n) is 19.0. The summed E-state index contributed by atoms with van der Waals surface area (Å²) >= 11 is 7.86. The van der Waals surface area contributed by atoms with Crippen LogP contribution in [0.15, 0.2) is 96.2 Å². The fraction of sp³-hybridized carbons (Fsp3) is 0.143. The van der Waals surface area contributed by atoms with E-state index in [4.69, 9.17) is 16.3 Å². The Morgan fingerprint density at radius 1 is 0.882 bits per heavy atom. The molecule has 0 amide bonds. The summed E-state index contributed by atoms with van der Waals surface area (Å²) in [4.78, 5) is 0. The van der Waals surface area contributed by atoms with Crippen LogP contribution < -0.4 is 4.74 Å². The minimum Gasteiger partial charge on any atom is -0.497 e. The standard InChI is InChI=1S/C28H24ClN3OS/c1-19(21-8-9-23-17-26(33-2)15-10-22(23)16-21)27-30-31-28(34-18-20-6-4-3-5-7-20)32(27)25-13-11-24(29)12-14-25/h3-17,19H,18H2,1-2H3/t19-/m0/s1. The maximum Gasteiger partial charge on any atom is 0.196 e. The van der Waals surface area contributed by atoms with Crippen molar-refractivity contribution in [3.8, 4) is 11.4 Å². The number of ether oxygens (including phenoxy) is 1. The first-order chi connectivity index (χ1) is 16.6. The van der Waals surface area contributed by atoms with E-state index in [1.54, 1.807) is 18.9 Å². The average Bonchev–Trinajstić information content (AvgIpc) is 3.31. The first kappa shape index (κ1) is 22.5. The number of methoxy groups -OCH3 is 1. The molecule has 170 valence electrons. The van der Waals surface area contributed by atoms with Crippen molar-refractivity contribution >= 4 is 34.1 Å². The molecule has 4 aromatic carbocycles. The monoisotopic (exact) mass is 485 g/mol. The third-order valence-electron chi connectivity index (χ3n) is 5.91. The molecule has 0 saturated heterocycles. The quantitative estimate of drug-likeness (QED) is 0.223. The third-order valence-corrected chi connectivity index (χ3v) is 7.16. The second-order valence-electron chi connectivity index (χ2n) is 8.12. The van der Waals surface area contributed by atoms with Gasteiger partial charge in [0.15, 0.2) is 5.16 Å². The van der Waals surface area contributed by atoms with Gasteiger partial charge in [-0.05, 0) is 58.3 Å². The Hall–Kier alpha value is -3.28. The smallest absolute Gasteiger partial charge is 0.196 e. The Morgan fingerprint density at radius 2 is 1.62 bits per heavy atom. The number of nitrogens with zero attached hydrogens (tertiary/aromatic N) is 3. The van der Waals surface area contributed by atoms with Gasteiger partial charge in [0.1, 0.15) is 11.6 Å². The number of aromatic nitrogens is 3. The number of hydrogen-bond donors (Lipinski definition) is 0. The topological polar surface area (TPSA) is 39.9 Å². The summed E-state index contributed by atoms with van der Waals surface area (Å²) in [5, 5.41) is 13.1. The predicted octanol–water partition coefficient (Wildman–Crippen LogP) is 7.53. The van der Waals surface area contributed by atoms with Gasteiger partial charge >= 0.3 is 0 Å². The van der Waals surface area contributed by atoms with E-state index in [1.807, 2.05) is 36.4 Å². The Labute approximate surface area is 208 Å². The van der Waals surface area contributed by atoms with Gasteiger partial charge in [-0.1, -0.05) is 84.9 Å². The molecular weight excluding hydrogens is 462 g/mol. The van der Waals surface area contributed by atoms with Gasteiger partial charge in [-0.15, -0.1) is 10.2 Å². The van der Waals surface area contributed by atoms with Crippen molar-refractivity contribution in [1.82, 2.24) is 14.8 Å². The summed E-state index contributed by atoms with van der Waals surface area (Å²) in [5.74, 6) is 2.61. The maximum absolute atomic E-state index is 6.17. The lowest BCUT2D eigenvalue weighted by molar-refractivity contribution is 0.415. The minimum absolute atomic E-state index is 0.0424. The number of fused-ring (bicyclic) bond motifs is 1. The second-order valence-corrected chi connectivity index (χ2v) is 9.50. The van der Waals surface area contributed by atoms with Gasteiger partial charge in [0.2, 0.25) is 0 Å². The van der Waals surface area contributed by atoms with Crippen molar-refractivity contribution in [2.45, 2.75) is 23.8 Å². The average molecular weight is 486 g/mol. The molecule has 0 bridgehead atoms. The van der Waals surface area contributed by atoms with E-state index in [1.165, 1.54) is 16.5 Å². The number of hydrogen-bond acceptors (Lipinski definition) is 4. The largest absolute Gasteiger partial charge is 0.497 e. The van der Waals surface area contributed by atoms with E-state index in [2.05, 4.69) is 76.3 Å². The van der Waals surface area contributed by atoms with E-state index >= 15 is 0 Å². The Balaban J connectivity index is 1.52. The normalized spacial score (nSPS) is 12.1. The molecule has 6 heteroatoms. The lowest BCUT2D eigenvalue weighted by atomic mass is 9.97. The van der Waals surface area contributed by atoms with Gasteiger partial charge in [-0.3, -0.25) is 4.57 Å². The highest BCUT2D eigenvalue weighted by molar-refractivity contribution is 7.98. The SMILES string of the molecule is COc1ccc2cc([C@H](C)c3nnc(SCc4ccccc4)n3-c3ccc(Cl)cc3)ccc2c1. The van der Waals surface area contributed by atoms with E-state index in [-0.39, 0.29) is 5.92 Å². The maximum atomic E-state index is 6.17. The van der Waals surface area contributed by atoms with Gasteiger partial charge in [0.25, 0.3) is 0 Å². The van der Waals surface area contributed by atoms with Crippen LogP contribution in [0.2, 0.25) is 5.02 Å². The van der Waals surface area contributed by atoms with Crippen molar-refractivity contribution in [2.75, 3.05) is 7.11 Å². The molecule has 34 heavy (non-hydrogen) atoms. The molecule has 1 heterocycles. The van der Waals surface area contributed by atoms with Crippen LogP contribution in [0.1, 0.15) is 29.8 Å². The lowest BCUT2D eigenvalue weighted by Gasteiger charge is -2.16. The number of halogens is 1. The number of benzene rings is 4. The summed E-state index contributed by atoms with van der Waals surface area (Å²) in [6.07, 6.45) is 0. The molecule has 0 aliphatic heterocycles. The van der Waals surface area contributed by atoms with Crippen LogP contribution in [0.3, 0.4) is 0 Å². The van der Waals surface area contributed by atoms with Gasteiger partial charge < -0.3 is 4.74 Å².